The molecule has 0 aromatic rings. The highest BCUT2D eigenvalue weighted by Gasteiger charge is 2.24. The van der Waals surface area contributed by atoms with Crippen molar-refractivity contribution < 1.29 is 32.9 Å². The number of likely N-dealkylation sites (N-methyl/N-ethyl adjacent to an activating group) is 1. The van der Waals surface area contributed by atoms with Crippen LogP contribution in [0.4, 0.5) is 0 Å². The van der Waals surface area contributed by atoms with E-state index < -0.39 is 20.0 Å². The molecule has 0 aromatic carbocycles. The van der Waals surface area contributed by atoms with Gasteiger partial charge in [0.05, 0.1) is 39.9 Å². The van der Waals surface area contributed by atoms with Gasteiger partial charge in [-0.25, -0.2) is 0 Å². The summed E-state index contributed by atoms with van der Waals surface area (Å²) in [6.07, 6.45) is 25.6. The number of carbonyl (C=O) groups excluding carboxylic acids is 1. The highest BCUT2D eigenvalue weighted by molar-refractivity contribution is 7.45. The molecule has 9 heteroatoms. The van der Waals surface area contributed by atoms with Crippen molar-refractivity contribution in [3.05, 3.63) is 0 Å². The molecule has 0 radical (unpaired) electrons. The highest BCUT2D eigenvalue weighted by atomic mass is 31.2. The fraction of sp³-hybridized carbons (Fsp3) is 0.971. The second kappa shape index (κ2) is 27.8. The monoisotopic (exact) mass is 635 g/mol. The van der Waals surface area contributed by atoms with Gasteiger partial charge in [0.1, 0.15) is 13.2 Å². The van der Waals surface area contributed by atoms with Gasteiger partial charge in [-0.2, -0.15) is 0 Å². The molecule has 0 bridgehead atoms. The van der Waals surface area contributed by atoms with Crippen LogP contribution < -0.4 is 10.2 Å². The second-order valence-corrected chi connectivity index (χ2v) is 15.0. The average molecular weight is 635 g/mol. The summed E-state index contributed by atoms with van der Waals surface area (Å²) in [6, 6.07) is -0.788. The molecule has 8 nitrogen and oxygen atoms in total. The molecule has 0 aromatic heterocycles. The van der Waals surface area contributed by atoms with Crippen LogP contribution in [0.3, 0.4) is 0 Å². The van der Waals surface area contributed by atoms with Gasteiger partial charge in [0.15, 0.2) is 0 Å². The summed E-state index contributed by atoms with van der Waals surface area (Å²) < 4.78 is 23.0. The van der Waals surface area contributed by atoms with Crippen LogP contribution in [0.1, 0.15) is 162 Å². The van der Waals surface area contributed by atoms with Crippen LogP contribution in [0.25, 0.3) is 0 Å². The Labute approximate surface area is 266 Å². The van der Waals surface area contributed by atoms with Gasteiger partial charge in [-0.05, 0) is 12.8 Å². The molecule has 0 saturated carbocycles. The van der Waals surface area contributed by atoms with E-state index in [1.165, 1.54) is 83.5 Å². The Morgan fingerprint density at radius 2 is 1.14 bits per heavy atom. The van der Waals surface area contributed by atoms with Gasteiger partial charge in [0.2, 0.25) is 5.91 Å². The van der Waals surface area contributed by atoms with Crippen LogP contribution in [0.15, 0.2) is 0 Å². The van der Waals surface area contributed by atoms with E-state index in [2.05, 4.69) is 19.2 Å². The van der Waals surface area contributed by atoms with Gasteiger partial charge in [-0.1, -0.05) is 142 Å². The Kier molecular flexibility index (Phi) is 27.5. The fourth-order valence-corrected chi connectivity index (χ4v) is 5.88. The third kappa shape index (κ3) is 29.9. The second-order valence-electron chi connectivity index (χ2n) is 13.6. The fourth-order valence-electron chi connectivity index (χ4n) is 5.16. The Hall–Kier alpha value is -0.500. The Morgan fingerprint density at radius 3 is 1.58 bits per heavy atom. The van der Waals surface area contributed by atoms with Crippen LogP contribution in [0, 0.1) is 0 Å². The first kappa shape index (κ1) is 42.5. The Bertz CT molecular complexity index is 688. The van der Waals surface area contributed by atoms with Crippen molar-refractivity contribution in [1.29, 1.82) is 0 Å². The van der Waals surface area contributed by atoms with Gasteiger partial charge in [0, 0.05) is 6.42 Å². The van der Waals surface area contributed by atoms with Crippen LogP contribution in [0.2, 0.25) is 0 Å². The lowest BCUT2D eigenvalue weighted by molar-refractivity contribution is -0.870. The number of aliphatic hydroxyl groups excluding tert-OH is 1. The first-order chi connectivity index (χ1) is 20.5. The number of phosphoric acid groups is 1. The number of phosphoric ester groups is 1. The lowest BCUT2D eigenvalue weighted by Crippen LogP contribution is -2.46. The Morgan fingerprint density at radius 1 is 0.721 bits per heavy atom. The molecule has 0 rings (SSSR count). The summed E-state index contributed by atoms with van der Waals surface area (Å²) in [5.41, 5.74) is 0. The molecular weight excluding hydrogens is 563 g/mol. The quantitative estimate of drug-likeness (QED) is 0.0440. The van der Waals surface area contributed by atoms with Crippen LogP contribution in [-0.4, -0.2) is 68.5 Å². The molecule has 2 N–H and O–H groups in total. The predicted molar refractivity (Wildman–Crippen MR) is 178 cm³/mol. The molecule has 0 aliphatic heterocycles. The van der Waals surface area contributed by atoms with Gasteiger partial charge in [-0.15, -0.1) is 0 Å². The van der Waals surface area contributed by atoms with Crippen molar-refractivity contribution in [3.63, 3.8) is 0 Å². The number of nitrogens with one attached hydrogen (secondary N) is 1. The molecule has 0 aliphatic rings. The first-order valence-corrected chi connectivity index (χ1v) is 19.3. The zero-order valence-corrected chi connectivity index (χ0v) is 29.8. The molecule has 0 saturated heterocycles. The number of aliphatic hydroxyl groups is 1. The normalized spacial score (nSPS) is 14.9. The van der Waals surface area contributed by atoms with E-state index in [4.69, 9.17) is 9.05 Å². The summed E-state index contributed by atoms with van der Waals surface area (Å²) in [5, 5.41) is 13.7. The number of amides is 1. The zero-order valence-electron chi connectivity index (χ0n) is 28.9. The number of rotatable bonds is 32. The Balaban J connectivity index is 4.31. The van der Waals surface area contributed by atoms with Crippen molar-refractivity contribution >= 4 is 13.7 Å². The molecule has 0 heterocycles. The van der Waals surface area contributed by atoms with Gasteiger partial charge in [0.25, 0.3) is 7.82 Å². The van der Waals surface area contributed by atoms with E-state index in [1.54, 1.807) is 0 Å². The molecule has 1 amide bonds. The van der Waals surface area contributed by atoms with Gasteiger partial charge >= 0.3 is 0 Å². The van der Waals surface area contributed by atoms with Crippen LogP contribution in [-0.2, 0) is 18.4 Å². The van der Waals surface area contributed by atoms with E-state index >= 15 is 0 Å². The number of hydrogen-bond acceptors (Lipinski definition) is 6. The van der Waals surface area contributed by atoms with Crippen molar-refractivity contribution in [3.8, 4) is 0 Å². The summed E-state index contributed by atoms with van der Waals surface area (Å²) in [7, 11) is 1.31. The number of hydrogen-bond donors (Lipinski definition) is 2. The standard InChI is InChI=1S/C34H71N2O6P/c1-6-8-10-12-13-14-15-16-17-18-19-20-21-22-24-25-27-33(37)32(35-34(38)28-26-23-11-9-7-2)31-42-43(39,40)41-30-29-36(3,4)5/h32-33,37H,6-31H2,1-5H3,(H-,35,38,39,40). The van der Waals surface area contributed by atoms with E-state index in [1.807, 2.05) is 21.1 Å². The highest BCUT2D eigenvalue weighted by Crippen LogP contribution is 2.38. The SMILES string of the molecule is CCCCCCCCCCCCCCCCCCC(O)C(COP(=O)([O-])OCC[N+](C)(C)C)NC(=O)CCCCCCC. The topological polar surface area (TPSA) is 108 Å². The molecule has 43 heavy (non-hydrogen) atoms. The zero-order chi connectivity index (χ0) is 32.2. The van der Waals surface area contributed by atoms with Crippen molar-refractivity contribution in [2.75, 3.05) is 40.9 Å². The third-order valence-corrected chi connectivity index (χ3v) is 9.06. The maximum Gasteiger partial charge on any atom is 0.268 e. The van der Waals surface area contributed by atoms with Gasteiger partial charge < -0.3 is 28.8 Å². The third-order valence-electron chi connectivity index (χ3n) is 8.10. The average Bonchev–Trinajstić information content (AvgIpc) is 2.94. The summed E-state index contributed by atoms with van der Waals surface area (Å²) in [4.78, 5) is 24.9. The summed E-state index contributed by atoms with van der Waals surface area (Å²) in [5.74, 6) is -0.178. The van der Waals surface area contributed by atoms with Crippen LogP contribution >= 0.6 is 7.82 Å². The smallest absolute Gasteiger partial charge is 0.268 e. The van der Waals surface area contributed by atoms with Crippen LogP contribution in [0.5, 0.6) is 0 Å². The molecule has 0 spiro atoms. The molecule has 0 fully saturated rings. The lowest BCUT2D eigenvalue weighted by atomic mass is 10.0. The lowest BCUT2D eigenvalue weighted by Gasteiger charge is -2.30. The maximum absolute atomic E-state index is 12.6. The predicted octanol–water partition coefficient (Wildman–Crippen LogP) is 8.05. The van der Waals surface area contributed by atoms with Crippen molar-refractivity contribution in [1.82, 2.24) is 5.32 Å². The molecule has 258 valence electrons. The minimum absolute atomic E-state index is 0.0147. The van der Waals surface area contributed by atoms with Gasteiger partial charge in [-0.3, -0.25) is 9.36 Å². The van der Waals surface area contributed by atoms with Crippen molar-refractivity contribution in [2.24, 2.45) is 0 Å². The molecule has 0 aliphatic carbocycles. The minimum Gasteiger partial charge on any atom is -0.756 e. The first-order valence-electron chi connectivity index (χ1n) is 17.9. The number of quaternary nitrogens is 1. The molecular formula is C34H71N2O6P. The molecule has 3 unspecified atom stereocenters. The maximum atomic E-state index is 12.6. The van der Waals surface area contributed by atoms with E-state index in [0.29, 0.717) is 23.9 Å². The summed E-state index contributed by atoms with van der Waals surface area (Å²) >= 11 is 0. The van der Waals surface area contributed by atoms with Crippen molar-refractivity contribution in [2.45, 2.75) is 174 Å². The summed E-state index contributed by atoms with van der Waals surface area (Å²) in [6.45, 7) is 4.62. The largest absolute Gasteiger partial charge is 0.756 e. The minimum atomic E-state index is -4.54. The number of carbonyl (C=O) groups is 1. The van der Waals surface area contributed by atoms with E-state index in [-0.39, 0.29) is 19.1 Å². The molecule has 3 atom stereocenters. The number of nitrogens with zero attached hydrogens (tertiary/aromatic N) is 1. The number of unbranched alkanes of at least 4 members (excludes halogenated alkanes) is 19. The van der Waals surface area contributed by atoms with E-state index in [9.17, 15) is 19.4 Å². The van der Waals surface area contributed by atoms with E-state index in [0.717, 1.165) is 51.4 Å².